The van der Waals surface area contributed by atoms with E-state index >= 15 is 0 Å². The molecule has 0 aliphatic carbocycles. The van der Waals surface area contributed by atoms with Crippen molar-refractivity contribution >= 4 is 23.2 Å². The Hall–Kier alpha value is -3.19. The molecular formula is C30H35FN2O3S. The molecule has 2 aromatic carbocycles. The third-order valence-electron chi connectivity index (χ3n) is 6.73. The lowest BCUT2D eigenvalue weighted by Gasteiger charge is -2.37. The lowest BCUT2D eigenvalue weighted by atomic mass is 9.93. The zero-order valence-corrected chi connectivity index (χ0v) is 22.4. The Bertz CT molecular complexity index is 1180. The molecule has 1 unspecified atom stereocenters. The van der Waals surface area contributed by atoms with E-state index in [0.29, 0.717) is 25.3 Å². The minimum Gasteiger partial charge on any atom is -0.494 e. The van der Waals surface area contributed by atoms with E-state index in [1.807, 2.05) is 22.4 Å². The monoisotopic (exact) mass is 522 g/mol. The normalized spacial score (nSPS) is 14.8. The topological polar surface area (TPSA) is 49.9 Å². The maximum absolute atomic E-state index is 13.7. The van der Waals surface area contributed by atoms with Crippen LogP contribution in [-0.2, 0) is 11.2 Å². The number of rotatable bonds is 11. The highest BCUT2D eigenvalue weighted by molar-refractivity contribution is 7.10. The van der Waals surface area contributed by atoms with Crippen LogP contribution in [0.3, 0.4) is 0 Å². The van der Waals surface area contributed by atoms with Crippen molar-refractivity contribution in [2.24, 2.45) is 0 Å². The van der Waals surface area contributed by atoms with Crippen molar-refractivity contribution in [3.63, 3.8) is 0 Å². The third kappa shape index (κ3) is 6.58. The van der Waals surface area contributed by atoms with Gasteiger partial charge in [0.15, 0.2) is 0 Å². The molecule has 4 rings (SSSR count). The van der Waals surface area contributed by atoms with Crippen LogP contribution in [0.25, 0.3) is 0 Å². The summed E-state index contributed by atoms with van der Waals surface area (Å²) in [4.78, 5) is 31.9. The van der Waals surface area contributed by atoms with Crippen LogP contribution in [0.5, 0.6) is 5.75 Å². The second-order valence-corrected chi connectivity index (χ2v) is 10.4. The third-order valence-corrected chi connectivity index (χ3v) is 7.73. The molecular weight excluding hydrogens is 487 g/mol. The quantitative estimate of drug-likeness (QED) is 0.271. The molecule has 1 aliphatic rings. The SMILES string of the molecule is CCCCOc1ccc(C(=O)N(CCCC)CC(=O)N2CCc3sccc3C2c2ccc(F)cc2)cc1. The Morgan fingerprint density at radius 1 is 1.03 bits per heavy atom. The maximum Gasteiger partial charge on any atom is 0.254 e. The summed E-state index contributed by atoms with van der Waals surface area (Å²) < 4.78 is 19.4. The first-order chi connectivity index (χ1) is 18.0. The first-order valence-corrected chi connectivity index (χ1v) is 14.0. The summed E-state index contributed by atoms with van der Waals surface area (Å²) in [7, 11) is 0. The smallest absolute Gasteiger partial charge is 0.254 e. The number of ether oxygens (including phenoxy) is 1. The van der Waals surface area contributed by atoms with Gasteiger partial charge in [0.2, 0.25) is 5.91 Å². The number of unbranched alkanes of at least 4 members (excludes halogenated alkanes) is 2. The highest BCUT2D eigenvalue weighted by Crippen LogP contribution is 2.38. The molecule has 0 saturated heterocycles. The van der Waals surface area contributed by atoms with E-state index in [0.717, 1.165) is 49.0 Å². The molecule has 37 heavy (non-hydrogen) atoms. The van der Waals surface area contributed by atoms with Crippen LogP contribution in [0.2, 0.25) is 0 Å². The van der Waals surface area contributed by atoms with Crippen molar-refractivity contribution in [1.82, 2.24) is 9.80 Å². The zero-order valence-electron chi connectivity index (χ0n) is 21.6. The molecule has 1 aliphatic heterocycles. The molecule has 0 saturated carbocycles. The lowest BCUT2D eigenvalue weighted by molar-refractivity contribution is -0.134. The van der Waals surface area contributed by atoms with Crippen molar-refractivity contribution in [3.8, 4) is 5.75 Å². The number of amides is 2. The van der Waals surface area contributed by atoms with Crippen molar-refractivity contribution in [2.75, 3.05) is 26.2 Å². The van der Waals surface area contributed by atoms with Crippen molar-refractivity contribution < 1.29 is 18.7 Å². The average Bonchev–Trinajstić information content (AvgIpc) is 3.40. The van der Waals surface area contributed by atoms with Crippen molar-refractivity contribution in [3.05, 3.63) is 87.4 Å². The van der Waals surface area contributed by atoms with Gasteiger partial charge in [0.25, 0.3) is 5.91 Å². The molecule has 2 amide bonds. The maximum atomic E-state index is 13.7. The molecule has 196 valence electrons. The highest BCUT2D eigenvalue weighted by Gasteiger charge is 2.34. The molecule has 2 heterocycles. The predicted octanol–water partition coefficient (Wildman–Crippen LogP) is 6.48. The Morgan fingerprint density at radius 3 is 2.46 bits per heavy atom. The fourth-order valence-electron chi connectivity index (χ4n) is 4.66. The summed E-state index contributed by atoms with van der Waals surface area (Å²) in [5.74, 6) is 0.174. The van der Waals surface area contributed by atoms with Gasteiger partial charge in [0.1, 0.15) is 18.1 Å². The first-order valence-electron chi connectivity index (χ1n) is 13.1. The van der Waals surface area contributed by atoms with E-state index in [4.69, 9.17) is 4.74 Å². The Labute approximate surface area is 222 Å². The molecule has 0 fully saturated rings. The number of nitrogens with zero attached hydrogens (tertiary/aromatic N) is 2. The zero-order chi connectivity index (χ0) is 26.2. The van der Waals surface area contributed by atoms with E-state index < -0.39 is 0 Å². The van der Waals surface area contributed by atoms with Crippen molar-refractivity contribution in [1.29, 1.82) is 0 Å². The van der Waals surface area contributed by atoms with E-state index in [9.17, 15) is 14.0 Å². The molecule has 7 heteroatoms. The minimum absolute atomic E-state index is 0.00471. The van der Waals surface area contributed by atoms with Crippen LogP contribution in [0, 0.1) is 5.82 Å². The van der Waals surface area contributed by atoms with Crippen LogP contribution < -0.4 is 4.74 Å². The minimum atomic E-state index is -0.305. The molecule has 1 atom stereocenters. The van der Waals surface area contributed by atoms with Crippen LogP contribution in [0.15, 0.2) is 60.0 Å². The van der Waals surface area contributed by atoms with Crippen LogP contribution in [-0.4, -0.2) is 47.9 Å². The predicted molar refractivity (Wildman–Crippen MR) is 146 cm³/mol. The molecule has 0 bridgehead atoms. The summed E-state index contributed by atoms with van der Waals surface area (Å²) in [6.07, 6.45) is 4.55. The highest BCUT2D eigenvalue weighted by atomic mass is 32.1. The number of benzene rings is 2. The second kappa shape index (κ2) is 12.9. The van der Waals surface area contributed by atoms with Gasteiger partial charge >= 0.3 is 0 Å². The van der Waals surface area contributed by atoms with Gasteiger partial charge in [0, 0.05) is 23.5 Å². The standard InChI is InChI=1S/C30H35FN2O3S/c1-3-5-17-32(30(35)23-9-13-25(14-10-23)36-19-6-4-2)21-28(34)33-18-15-27-26(16-20-37-27)29(33)22-7-11-24(31)12-8-22/h7-14,16,20,29H,3-6,15,17-19,21H2,1-2H3. The van der Waals surface area contributed by atoms with Gasteiger partial charge in [0.05, 0.1) is 12.6 Å². The first kappa shape index (κ1) is 26.9. The van der Waals surface area contributed by atoms with Crippen LogP contribution in [0.1, 0.15) is 71.9 Å². The van der Waals surface area contributed by atoms with E-state index in [2.05, 4.69) is 19.9 Å². The number of thiophene rings is 1. The lowest BCUT2D eigenvalue weighted by Crippen LogP contribution is -2.47. The Kier molecular flexibility index (Phi) is 9.34. The number of carbonyl (C=O) groups excluding carboxylic acids is 2. The molecule has 3 aromatic rings. The number of hydrogen-bond donors (Lipinski definition) is 0. The van der Waals surface area contributed by atoms with Crippen LogP contribution >= 0.6 is 11.3 Å². The Morgan fingerprint density at radius 2 is 1.76 bits per heavy atom. The van der Waals surface area contributed by atoms with Gasteiger partial charge in [-0.25, -0.2) is 4.39 Å². The van der Waals surface area contributed by atoms with E-state index in [1.165, 1.54) is 17.0 Å². The second-order valence-electron chi connectivity index (χ2n) is 9.40. The van der Waals surface area contributed by atoms with Crippen LogP contribution in [0.4, 0.5) is 4.39 Å². The summed E-state index contributed by atoms with van der Waals surface area (Å²) in [5.41, 5.74) is 2.50. The molecule has 1 aromatic heterocycles. The summed E-state index contributed by atoms with van der Waals surface area (Å²) >= 11 is 1.69. The summed E-state index contributed by atoms with van der Waals surface area (Å²) in [5, 5.41) is 2.04. The van der Waals surface area contributed by atoms with Gasteiger partial charge in [-0.2, -0.15) is 0 Å². The fourth-order valence-corrected chi connectivity index (χ4v) is 5.56. The average molecular weight is 523 g/mol. The number of carbonyl (C=O) groups is 2. The summed E-state index contributed by atoms with van der Waals surface area (Å²) in [6.45, 7) is 5.91. The van der Waals surface area contributed by atoms with Gasteiger partial charge in [-0.15, -0.1) is 11.3 Å². The van der Waals surface area contributed by atoms with Gasteiger partial charge in [-0.05, 0) is 78.2 Å². The molecule has 0 spiro atoms. The number of hydrogen-bond acceptors (Lipinski definition) is 4. The fraction of sp³-hybridized carbons (Fsp3) is 0.400. The van der Waals surface area contributed by atoms with E-state index in [1.54, 1.807) is 40.5 Å². The largest absolute Gasteiger partial charge is 0.494 e. The number of fused-ring (bicyclic) bond motifs is 1. The Balaban J connectivity index is 1.53. The number of halogens is 1. The molecule has 5 nitrogen and oxygen atoms in total. The molecule has 0 N–H and O–H groups in total. The summed E-state index contributed by atoms with van der Waals surface area (Å²) in [6, 6.07) is 15.3. The van der Waals surface area contributed by atoms with Gasteiger partial charge < -0.3 is 14.5 Å². The van der Waals surface area contributed by atoms with E-state index in [-0.39, 0.29) is 30.2 Å². The van der Waals surface area contributed by atoms with Gasteiger partial charge in [-0.3, -0.25) is 9.59 Å². The molecule has 0 radical (unpaired) electrons. The van der Waals surface area contributed by atoms with Gasteiger partial charge in [-0.1, -0.05) is 38.8 Å². The van der Waals surface area contributed by atoms with Crippen molar-refractivity contribution in [2.45, 2.75) is 52.0 Å².